The van der Waals surface area contributed by atoms with Gasteiger partial charge in [0.05, 0.1) is 18.7 Å². The van der Waals surface area contributed by atoms with Gasteiger partial charge in [-0.15, -0.1) is 0 Å². The van der Waals surface area contributed by atoms with Crippen LogP contribution in [-0.4, -0.2) is 46.4 Å². The molecule has 0 spiro atoms. The van der Waals surface area contributed by atoms with Gasteiger partial charge in [0.25, 0.3) is 0 Å². The highest BCUT2D eigenvalue weighted by atomic mass is 16.3. The van der Waals surface area contributed by atoms with Crippen molar-refractivity contribution >= 4 is 11.7 Å². The van der Waals surface area contributed by atoms with Gasteiger partial charge in [-0.2, -0.15) is 0 Å². The van der Waals surface area contributed by atoms with Gasteiger partial charge in [0, 0.05) is 6.07 Å². The number of amides is 1. The molecule has 0 aromatic heterocycles. The lowest BCUT2D eigenvalue weighted by Crippen LogP contribution is -2.37. The molecule has 0 fully saturated rings. The summed E-state index contributed by atoms with van der Waals surface area (Å²) in [5.74, 6) is -1.25. The van der Waals surface area contributed by atoms with Crippen LogP contribution in [0.15, 0.2) is 18.2 Å². The van der Waals surface area contributed by atoms with Gasteiger partial charge in [0.15, 0.2) is 5.78 Å². The molecule has 0 heterocycles. The van der Waals surface area contributed by atoms with Gasteiger partial charge in [0.2, 0.25) is 5.91 Å². The summed E-state index contributed by atoms with van der Waals surface area (Å²) in [5, 5.41) is 18.7. The molecule has 0 bridgehead atoms. The largest absolute Gasteiger partial charge is 0.508 e. The molecule has 6 heteroatoms. The topological polar surface area (TPSA) is 104 Å². The lowest BCUT2D eigenvalue weighted by atomic mass is 10.1. The Hall–Kier alpha value is -2.08. The fraction of sp³-hybridized carbons (Fsp3) is 0.333. The molecule has 0 radical (unpaired) electrons. The third-order valence-electron chi connectivity index (χ3n) is 2.48. The smallest absolute Gasteiger partial charge is 0.231 e. The van der Waals surface area contributed by atoms with Crippen molar-refractivity contribution in [2.24, 2.45) is 5.73 Å². The van der Waals surface area contributed by atoms with Crippen LogP contribution in [0.3, 0.4) is 0 Å². The number of ketones is 1. The minimum Gasteiger partial charge on any atom is -0.508 e. The average Bonchev–Trinajstić information content (AvgIpc) is 2.27. The average molecular weight is 252 g/mol. The number of rotatable bonds is 6. The van der Waals surface area contributed by atoms with Crippen LogP contribution < -0.4 is 5.73 Å². The highest BCUT2D eigenvalue weighted by molar-refractivity contribution is 6.00. The standard InChI is InChI=1S/C12H16N2O4/c1-2-14(7-12(13)18)6-11(17)9-4-3-8(15)5-10(9)16/h3-5,15-16H,2,6-7H2,1H3,(H2,13,18). The summed E-state index contributed by atoms with van der Waals surface area (Å²) in [4.78, 5) is 24.2. The van der Waals surface area contributed by atoms with E-state index in [1.165, 1.54) is 12.1 Å². The molecule has 0 atom stereocenters. The number of carbonyl (C=O) groups is 2. The van der Waals surface area contributed by atoms with E-state index in [-0.39, 0.29) is 35.9 Å². The summed E-state index contributed by atoms with van der Waals surface area (Å²) in [7, 11) is 0. The molecule has 1 aromatic rings. The summed E-state index contributed by atoms with van der Waals surface area (Å²) in [6, 6.07) is 3.75. The molecule has 4 N–H and O–H groups in total. The Morgan fingerprint density at radius 3 is 2.44 bits per heavy atom. The number of phenolic OH excluding ortho intramolecular Hbond substituents is 2. The fourth-order valence-corrected chi connectivity index (χ4v) is 1.54. The maximum Gasteiger partial charge on any atom is 0.231 e. The molecule has 0 saturated carbocycles. The Balaban J connectivity index is 2.77. The second-order valence-electron chi connectivity index (χ2n) is 3.89. The number of hydrogen-bond donors (Lipinski definition) is 3. The number of likely N-dealkylation sites (N-methyl/N-ethyl adjacent to an activating group) is 1. The van der Waals surface area contributed by atoms with Crippen molar-refractivity contribution in [1.82, 2.24) is 4.90 Å². The van der Waals surface area contributed by atoms with Crippen molar-refractivity contribution in [3.05, 3.63) is 23.8 Å². The zero-order chi connectivity index (χ0) is 13.7. The highest BCUT2D eigenvalue weighted by Crippen LogP contribution is 2.23. The monoisotopic (exact) mass is 252 g/mol. The third-order valence-corrected chi connectivity index (χ3v) is 2.48. The van der Waals surface area contributed by atoms with E-state index < -0.39 is 5.91 Å². The molecule has 1 aromatic carbocycles. The van der Waals surface area contributed by atoms with Gasteiger partial charge in [-0.25, -0.2) is 0 Å². The molecule has 18 heavy (non-hydrogen) atoms. The summed E-state index contributed by atoms with van der Waals surface area (Å²) < 4.78 is 0. The van der Waals surface area contributed by atoms with Crippen molar-refractivity contribution in [3.8, 4) is 11.5 Å². The maximum absolute atomic E-state index is 11.9. The van der Waals surface area contributed by atoms with Crippen LogP contribution in [0.2, 0.25) is 0 Å². The molecule has 0 saturated heterocycles. The minimum absolute atomic E-state index is 0.0128. The Morgan fingerprint density at radius 1 is 1.28 bits per heavy atom. The first-order valence-corrected chi connectivity index (χ1v) is 5.50. The number of aromatic hydroxyl groups is 2. The van der Waals surface area contributed by atoms with E-state index >= 15 is 0 Å². The van der Waals surface area contributed by atoms with E-state index in [1.807, 2.05) is 0 Å². The van der Waals surface area contributed by atoms with Crippen LogP contribution in [0.4, 0.5) is 0 Å². The number of benzene rings is 1. The molecule has 1 amide bonds. The summed E-state index contributed by atoms with van der Waals surface area (Å²) >= 11 is 0. The van der Waals surface area contributed by atoms with Crippen LogP contribution in [0.1, 0.15) is 17.3 Å². The molecule has 1 rings (SSSR count). The Kier molecular flexibility index (Phi) is 4.67. The van der Waals surface area contributed by atoms with Crippen LogP contribution in [0, 0.1) is 0 Å². The normalized spacial score (nSPS) is 10.6. The van der Waals surface area contributed by atoms with Crippen LogP contribution in [0.5, 0.6) is 11.5 Å². The Labute approximate surface area is 105 Å². The van der Waals surface area contributed by atoms with Gasteiger partial charge in [-0.3, -0.25) is 14.5 Å². The maximum atomic E-state index is 11.9. The molecule has 98 valence electrons. The van der Waals surface area contributed by atoms with Gasteiger partial charge < -0.3 is 15.9 Å². The molecule has 0 aliphatic carbocycles. The Bertz CT molecular complexity index is 459. The van der Waals surface area contributed by atoms with Crippen molar-refractivity contribution in [3.63, 3.8) is 0 Å². The molecule has 0 aliphatic heterocycles. The van der Waals surface area contributed by atoms with Crippen molar-refractivity contribution in [2.45, 2.75) is 6.92 Å². The van der Waals surface area contributed by atoms with E-state index in [9.17, 15) is 14.7 Å². The fourth-order valence-electron chi connectivity index (χ4n) is 1.54. The number of primary amides is 1. The van der Waals surface area contributed by atoms with Crippen molar-refractivity contribution < 1.29 is 19.8 Å². The number of nitrogens with zero attached hydrogens (tertiary/aromatic N) is 1. The lowest BCUT2D eigenvalue weighted by Gasteiger charge is -2.17. The van der Waals surface area contributed by atoms with Crippen molar-refractivity contribution in [1.29, 1.82) is 0 Å². The van der Waals surface area contributed by atoms with Crippen molar-refractivity contribution in [2.75, 3.05) is 19.6 Å². The van der Waals surface area contributed by atoms with Crippen LogP contribution in [-0.2, 0) is 4.79 Å². The molecule has 0 unspecified atom stereocenters. The van der Waals surface area contributed by atoms with Gasteiger partial charge >= 0.3 is 0 Å². The van der Waals surface area contributed by atoms with Crippen LogP contribution in [0.25, 0.3) is 0 Å². The quantitative estimate of drug-likeness (QED) is 0.622. The second-order valence-corrected chi connectivity index (χ2v) is 3.89. The van der Waals surface area contributed by atoms with E-state index in [4.69, 9.17) is 10.8 Å². The van der Waals surface area contributed by atoms with Crippen LogP contribution >= 0.6 is 0 Å². The zero-order valence-corrected chi connectivity index (χ0v) is 10.1. The van der Waals surface area contributed by atoms with E-state index in [0.717, 1.165) is 6.07 Å². The van der Waals surface area contributed by atoms with E-state index in [2.05, 4.69) is 0 Å². The van der Waals surface area contributed by atoms with Gasteiger partial charge in [0.1, 0.15) is 11.5 Å². The number of phenols is 2. The second kappa shape index (κ2) is 6.02. The summed E-state index contributed by atoms with van der Waals surface area (Å²) in [6.45, 7) is 2.26. The van der Waals surface area contributed by atoms with Gasteiger partial charge in [-0.05, 0) is 18.7 Å². The minimum atomic E-state index is -0.514. The van der Waals surface area contributed by atoms with E-state index in [1.54, 1.807) is 11.8 Å². The zero-order valence-electron chi connectivity index (χ0n) is 10.1. The first-order chi connectivity index (χ1) is 8.43. The first-order valence-electron chi connectivity index (χ1n) is 5.50. The number of hydrogen-bond acceptors (Lipinski definition) is 5. The predicted octanol–water partition coefficient (Wildman–Crippen LogP) is 0.0877. The number of Topliss-reactive ketones (excluding diaryl/α,β-unsaturated/α-hetero) is 1. The predicted molar refractivity (Wildman–Crippen MR) is 65.4 cm³/mol. The summed E-state index contributed by atoms with van der Waals surface area (Å²) in [5.41, 5.74) is 5.17. The third kappa shape index (κ3) is 3.74. The number of carbonyl (C=O) groups excluding carboxylic acids is 2. The number of nitrogens with two attached hydrogens (primary N) is 1. The highest BCUT2D eigenvalue weighted by Gasteiger charge is 2.16. The summed E-state index contributed by atoms with van der Waals surface area (Å²) in [6.07, 6.45) is 0. The lowest BCUT2D eigenvalue weighted by molar-refractivity contribution is -0.118. The molecular formula is C12H16N2O4. The molecule has 6 nitrogen and oxygen atoms in total. The SMILES string of the molecule is CCN(CC(N)=O)CC(=O)c1ccc(O)cc1O. The van der Waals surface area contributed by atoms with Gasteiger partial charge in [-0.1, -0.05) is 6.92 Å². The first kappa shape index (κ1) is 14.0. The molecule has 0 aliphatic rings. The van der Waals surface area contributed by atoms with E-state index in [0.29, 0.717) is 6.54 Å². The Morgan fingerprint density at radius 2 is 1.94 bits per heavy atom. The molecular weight excluding hydrogens is 236 g/mol.